The van der Waals surface area contributed by atoms with Crippen LogP contribution in [0.15, 0.2) is 59.5 Å². The van der Waals surface area contributed by atoms with Crippen LogP contribution in [0.3, 0.4) is 0 Å². The minimum absolute atomic E-state index is 0.224. The van der Waals surface area contributed by atoms with Gasteiger partial charge in [0.05, 0.1) is 16.5 Å². The zero-order chi connectivity index (χ0) is 17.3. The minimum Gasteiger partial charge on any atom is -0.284 e. The SMILES string of the molecule is N#Cc1ccc(S(=O)(=O)N2C(=O)CN(c3ccccc3)C2=O)cc1. The molecule has 3 amide bonds. The van der Waals surface area contributed by atoms with Gasteiger partial charge in [-0.15, -0.1) is 4.31 Å². The minimum atomic E-state index is -4.32. The third kappa shape index (κ3) is 2.51. The Hall–Kier alpha value is -3.18. The fourth-order valence-corrected chi connectivity index (χ4v) is 3.66. The molecule has 0 bridgehead atoms. The zero-order valence-electron chi connectivity index (χ0n) is 12.3. The lowest BCUT2D eigenvalue weighted by Gasteiger charge is -2.17. The Morgan fingerprint density at radius 3 is 2.17 bits per heavy atom. The summed E-state index contributed by atoms with van der Waals surface area (Å²) >= 11 is 0. The van der Waals surface area contributed by atoms with E-state index in [1.54, 1.807) is 30.3 Å². The monoisotopic (exact) mass is 341 g/mol. The van der Waals surface area contributed by atoms with Gasteiger partial charge in [0.2, 0.25) is 0 Å². The summed E-state index contributed by atoms with van der Waals surface area (Å²) in [4.78, 5) is 25.5. The Morgan fingerprint density at radius 2 is 1.58 bits per heavy atom. The highest BCUT2D eigenvalue weighted by Crippen LogP contribution is 2.26. The van der Waals surface area contributed by atoms with Gasteiger partial charge in [0.15, 0.2) is 0 Å². The molecule has 0 N–H and O–H groups in total. The van der Waals surface area contributed by atoms with Crippen molar-refractivity contribution in [2.45, 2.75) is 4.90 Å². The lowest BCUT2D eigenvalue weighted by atomic mass is 10.2. The molecular weight excluding hydrogens is 330 g/mol. The number of para-hydroxylation sites is 1. The number of amides is 3. The average molecular weight is 341 g/mol. The molecule has 2 aromatic rings. The maximum Gasteiger partial charge on any atom is 0.346 e. The van der Waals surface area contributed by atoms with E-state index in [1.807, 2.05) is 6.07 Å². The van der Waals surface area contributed by atoms with Crippen LogP contribution in [0.4, 0.5) is 10.5 Å². The summed E-state index contributed by atoms with van der Waals surface area (Å²) in [6.45, 7) is -0.349. The van der Waals surface area contributed by atoms with Gasteiger partial charge in [-0.3, -0.25) is 9.69 Å². The Morgan fingerprint density at radius 1 is 0.958 bits per heavy atom. The normalized spacial score (nSPS) is 14.8. The zero-order valence-corrected chi connectivity index (χ0v) is 13.1. The molecule has 1 aliphatic rings. The van der Waals surface area contributed by atoms with E-state index in [4.69, 9.17) is 5.26 Å². The fourth-order valence-electron chi connectivity index (χ4n) is 2.34. The topological polar surface area (TPSA) is 98.6 Å². The molecular formula is C16H11N3O4S. The molecule has 8 heteroatoms. The molecule has 0 saturated carbocycles. The van der Waals surface area contributed by atoms with Crippen LogP contribution >= 0.6 is 0 Å². The number of urea groups is 1. The Bertz CT molecular complexity index is 947. The van der Waals surface area contributed by atoms with Crippen LogP contribution in [0.25, 0.3) is 0 Å². The Balaban J connectivity index is 1.97. The first-order valence-corrected chi connectivity index (χ1v) is 8.34. The van der Waals surface area contributed by atoms with Gasteiger partial charge < -0.3 is 0 Å². The summed E-state index contributed by atoms with van der Waals surface area (Å²) in [5, 5.41) is 8.76. The van der Waals surface area contributed by atoms with Gasteiger partial charge in [-0.25, -0.2) is 13.2 Å². The summed E-state index contributed by atoms with van der Waals surface area (Å²) < 4.78 is 25.5. The number of hydrogen-bond acceptors (Lipinski definition) is 5. The summed E-state index contributed by atoms with van der Waals surface area (Å²) in [6.07, 6.45) is 0. The van der Waals surface area contributed by atoms with E-state index in [1.165, 1.54) is 24.3 Å². The molecule has 0 atom stereocenters. The number of hydrogen-bond donors (Lipinski definition) is 0. The second-order valence-electron chi connectivity index (χ2n) is 5.00. The van der Waals surface area contributed by atoms with E-state index >= 15 is 0 Å². The van der Waals surface area contributed by atoms with Crippen LogP contribution in [0.2, 0.25) is 0 Å². The van der Waals surface area contributed by atoms with Crippen LogP contribution in [0.5, 0.6) is 0 Å². The van der Waals surface area contributed by atoms with Crippen molar-refractivity contribution < 1.29 is 18.0 Å². The van der Waals surface area contributed by atoms with Crippen molar-refractivity contribution in [1.82, 2.24) is 4.31 Å². The highest BCUT2D eigenvalue weighted by Gasteiger charge is 2.45. The highest BCUT2D eigenvalue weighted by atomic mass is 32.2. The smallest absolute Gasteiger partial charge is 0.284 e. The molecule has 1 fully saturated rings. The molecule has 0 unspecified atom stereocenters. The van der Waals surface area contributed by atoms with E-state index in [0.717, 1.165) is 4.90 Å². The first kappa shape index (κ1) is 15.7. The molecule has 0 spiro atoms. The fraction of sp³-hybridized carbons (Fsp3) is 0.0625. The number of imide groups is 1. The molecule has 24 heavy (non-hydrogen) atoms. The van der Waals surface area contributed by atoms with Crippen molar-refractivity contribution in [2.75, 3.05) is 11.4 Å². The van der Waals surface area contributed by atoms with E-state index in [9.17, 15) is 18.0 Å². The largest absolute Gasteiger partial charge is 0.346 e. The molecule has 1 saturated heterocycles. The van der Waals surface area contributed by atoms with Gasteiger partial charge in [0, 0.05) is 5.69 Å². The number of carbonyl (C=O) groups excluding carboxylic acids is 2. The Kier molecular flexibility index (Phi) is 3.79. The molecule has 7 nitrogen and oxygen atoms in total. The summed E-state index contributed by atoms with van der Waals surface area (Å²) in [7, 11) is -4.32. The van der Waals surface area contributed by atoms with Crippen LogP contribution in [-0.2, 0) is 14.8 Å². The number of nitriles is 1. The Labute approximate surface area is 138 Å². The molecule has 0 radical (unpaired) electrons. The van der Waals surface area contributed by atoms with E-state index in [-0.39, 0.29) is 21.3 Å². The van der Waals surface area contributed by atoms with Crippen LogP contribution in [-0.4, -0.2) is 31.2 Å². The van der Waals surface area contributed by atoms with Crippen LogP contribution in [0.1, 0.15) is 5.56 Å². The van der Waals surface area contributed by atoms with E-state index < -0.39 is 22.0 Å². The number of nitrogens with zero attached hydrogens (tertiary/aromatic N) is 3. The van der Waals surface area contributed by atoms with Crippen molar-refractivity contribution in [1.29, 1.82) is 5.26 Å². The number of sulfonamides is 1. The summed E-state index contributed by atoms with van der Waals surface area (Å²) in [6, 6.07) is 14.3. The van der Waals surface area contributed by atoms with E-state index in [2.05, 4.69) is 0 Å². The van der Waals surface area contributed by atoms with Gasteiger partial charge in [-0.1, -0.05) is 18.2 Å². The molecule has 120 valence electrons. The average Bonchev–Trinajstić information content (AvgIpc) is 2.90. The molecule has 2 aromatic carbocycles. The van der Waals surface area contributed by atoms with Crippen molar-refractivity contribution >= 4 is 27.6 Å². The van der Waals surface area contributed by atoms with Crippen molar-refractivity contribution in [2.24, 2.45) is 0 Å². The van der Waals surface area contributed by atoms with Gasteiger partial charge >= 0.3 is 6.03 Å². The van der Waals surface area contributed by atoms with Gasteiger partial charge in [0.1, 0.15) is 6.54 Å². The van der Waals surface area contributed by atoms with Gasteiger partial charge in [0.25, 0.3) is 15.9 Å². The number of carbonyl (C=O) groups is 2. The second-order valence-corrected chi connectivity index (χ2v) is 6.79. The molecule has 0 aliphatic carbocycles. The number of benzene rings is 2. The maximum absolute atomic E-state index is 12.6. The number of rotatable bonds is 3. The third-order valence-corrected chi connectivity index (χ3v) is 5.22. The standard InChI is InChI=1S/C16H11N3O4S/c17-10-12-6-8-14(9-7-12)24(22,23)19-15(20)11-18(16(19)21)13-4-2-1-3-5-13/h1-9H,11H2. The van der Waals surface area contributed by atoms with Crippen molar-refractivity contribution in [3.8, 4) is 6.07 Å². The quantitative estimate of drug-likeness (QED) is 0.792. The predicted octanol–water partition coefficient (Wildman–Crippen LogP) is 1.72. The lowest BCUT2D eigenvalue weighted by molar-refractivity contribution is -0.121. The third-order valence-electron chi connectivity index (χ3n) is 3.51. The number of anilines is 1. The lowest BCUT2D eigenvalue weighted by Crippen LogP contribution is -2.38. The summed E-state index contributed by atoms with van der Waals surface area (Å²) in [5.74, 6) is -0.826. The van der Waals surface area contributed by atoms with Gasteiger partial charge in [-0.05, 0) is 36.4 Å². The van der Waals surface area contributed by atoms with Crippen molar-refractivity contribution in [3.05, 3.63) is 60.2 Å². The van der Waals surface area contributed by atoms with Gasteiger partial charge in [-0.2, -0.15) is 5.26 Å². The molecule has 0 aromatic heterocycles. The van der Waals surface area contributed by atoms with Crippen LogP contribution in [0, 0.1) is 11.3 Å². The molecule has 3 rings (SSSR count). The maximum atomic E-state index is 12.6. The predicted molar refractivity (Wildman–Crippen MR) is 84.4 cm³/mol. The van der Waals surface area contributed by atoms with Crippen LogP contribution < -0.4 is 4.90 Å². The second kappa shape index (κ2) is 5.79. The van der Waals surface area contributed by atoms with E-state index in [0.29, 0.717) is 5.69 Å². The van der Waals surface area contributed by atoms with Crippen molar-refractivity contribution in [3.63, 3.8) is 0 Å². The molecule has 1 heterocycles. The first-order valence-electron chi connectivity index (χ1n) is 6.90. The highest BCUT2D eigenvalue weighted by molar-refractivity contribution is 7.90. The molecule has 1 aliphatic heterocycles. The summed E-state index contributed by atoms with van der Waals surface area (Å²) in [5.41, 5.74) is 0.715. The first-order chi connectivity index (χ1) is 11.4.